The number of aromatic nitrogens is 2. The topological polar surface area (TPSA) is 46.9 Å². The molecule has 4 nitrogen and oxygen atoms in total. The molecule has 1 heterocycles. The van der Waals surface area contributed by atoms with Crippen molar-refractivity contribution in [2.24, 2.45) is 0 Å². The zero-order chi connectivity index (χ0) is 16.1. The number of carbonyl (C=O) groups is 1. The van der Waals surface area contributed by atoms with Crippen molar-refractivity contribution in [1.82, 2.24) is 9.55 Å². The van der Waals surface area contributed by atoms with Crippen LogP contribution in [0.4, 0.5) is 10.1 Å². The molecule has 1 amide bonds. The molecular formula is C18H14FN3O. The number of benzene rings is 2. The van der Waals surface area contributed by atoms with Gasteiger partial charge in [-0.15, -0.1) is 0 Å². The summed E-state index contributed by atoms with van der Waals surface area (Å²) in [6.45, 7) is 0. The predicted molar refractivity (Wildman–Crippen MR) is 87.6 cm³/mol. The average molecular weight is 307 g/mol. The maximum Gasteiger partial charge on any atom is 0.248 e. The summed E-state index contributed by atoms with van der Waals surface area (Å²) in [6, 6.07) is 13.9. The third kappa shape index (κ3) is 3.71. The monoisotopic (exact) mass is 307 g/mol. The van der Waals surface area contributed by atoms with Crippen LogP contribution < -0.4 is 5.32 Å². The molecule has 2 aromatic carbocycles. The molecule has 1 aromatic heterocycles. The highest BCUT2D eigenvalue weighted by atomic mass is 19.1. The first-order chi connectivity index (χ1) is 11.2. The molecule has 0 saturated heterocycles. The van der Waals surface area contributed by atoms with Crippen molar-refractivity contribution in [3.05, 3.63) is 84.7 Å². The Labute approximate surface area is 132 Å². The first kappa shape index (κ1) is 14.7. The van der Waals surface area contributed by atoms with E-state index in [2.05, 4.69) is 10.3 Å². The normalized spacial score (nSPS) is 10.8. The number of carbonyl (C=O) groups excluding carboxylic acids is 1. The summed E-state index contributed by atoms with van der Waals surface area (Å²) >= 11 is 0. The molecule has 3 rings (SSSR count). The van der Waals surface area contributed by atoms with Crippen LogP contribution in [0.2, 0.25) is 0 Å². The molecule has 114 valence electrons. The maximum absolute atomic E-state index is 14.1. The van der Waals surface area contributed by atoms with Gasteiger partial charge in [0, 0.05) is 24.2 Å². The van der Waals surface area contributed by atoms with Crippen LogP contribution in [0.15, 0.2) is 73.3 Å². The molecule has 0 fully saturated rings. The van der Waals surface area contributed by atoms with Crippen LogP contribution in [-0.2, 0) is 4.79 Å². The van der Waals surface area contributed by atoms with Crippen LogP contribution >= 0.6 is 0 Å². The molecule has 0 radical (unpaired) electrons. The van der Waals surface area contributed by atoms with E-state index in [1.807, 2.05) is 18.2 Å². The quantitative estimate of drug-likeness (QED) is 0.748. The molecule has 0 unspecified atom stereocenters. The Bertz CT molecular complexity index is 827. The predicted octanol–water partition coefficient (Wildman–Crippen LogP) is 3.66. The number of hydrogen-bond donors (Lipinski definition) is 1. The van der Waals surface area contributed by atoms with Crippen LogP contribution in [0, 0.1) is 5.82 Å². The lowest BCUT2D eigenvalue weighted by molar-refractivity contribution is -0.111. The number of nitrogens with zero attached hydrogens (tertiary/aromatic N) is 2. The zero-order valence-corrected chi connectivity index (χ0v) is 12.2. The van der Waals surface area contributed by atoms with Gasteiger partial charge in [0.25, 0.3) is 0 Å². The van der Waals surface area contributed by atoms with Crippen molar-refractivity contribution in [1.29, 1.82) is 0 Å². The number of nitrogens with one attached hydrogen (secondary N) is 1. The smallest absolute Gasteiger partial charge is 0.248 e. The SMILES string of the molecule is O=C(/C=C/c1ccc(-n2ccnc2)c(F)c1)Nc1ccccc1. The molecule has 1 N–H and O–H groups in total. The minimum atomic E-state index is -0.381. The number of imidazole rings is 1. The first-order valence-electron chi connectivity index (χ1n) is 7.04. The van der Waals surface area contributed by atoms with Gasteiger partial charge in [-0.25, -0.2) is 9.37 Å². The maximum atomic E-state index is 14.1. The van der Waals surface area contributed by atoms with E-state index in [4.69, 9.17) is 0 Å². The Balaban J connectivity index is 1.70. The summed E-state index contributed by atoms with van der Waals surface area (Å²) in [5.41, 5.74) is 1.73. The van der Waals surface area contributed by atoms with Gasteiger partial charge >= 0.3 is 0 Å². The lowest BCUT2D eigenvalue weighted by atomic mass is 10.2. The molecular weight excluding hydrogens is 293 g/mol. The van der Waals surface area contributed by atoms with E-state index in [0.717, 1.165) is 0 Å². The summed E-state index contributed by atoms with van der Waals surface area (Å²) in [5.74, 6) is -0.649. The van der Waals surface area contributed by atoms with Gasteiger partial charge in [-0.1, -0.05) is 24.3 Å². The molecule has 0 aliphatic rings. The first-order valence-corrected chi connectivity index (χ1v) is 7.04. The summed E-state index contributed by atoms with van der Waals surface area (Å²) in [7, 11) is 0. The fourth-order valence-electron chi connectivity index (χ4n) is 2.12. The summed E-state index contributed by atoms with van der Waals surface area (Å²) < 4.78 is 15.7. The third-order valence-corrected chi connectivity index (χ3v) is 3.22. The van der Waals surface area contributed by atoms with Gasteiger partial charge < -0.3 is 9.88 Å². The number of rotatable bonds is 4. The molecule has 0 saturated carbocycles. The highest BCUT2D eigenvalue weighted by Gasteiger charge is 2.04. The van der Waals surface area contributed by atoms with E-state index < -0.39 is 0 Å². The number of halogens is 1. The summed E-state index contributed by atoms with van der Waals surface area (Å²) in [4.78, 5) is 15.7. The van der Waals surface area contributed by atoms with Gasteiger partial charge in [-0.3, -0.25) is 4.79 Å². The van der Waals surface area contributed by atoms with Gasteiger partial charge in [0.15, 0.2) is 0 Å². The van der Waals surface area contributed by atoms with Crippen LogP contribution in [0.1, 0.15) is 5.56 Å². The minimum Gasteiger partial charge on any atom is -0.323 e. The number of amides is 1. The second-order valence-electron chi connectivity index (χ2n) is 4.87. The number of para-hydroxylation sites is 1. The molecule has 0 atom stereocenters. The Morgan fingerprint density at radius 1 is 1.17 bits per heavy atom. The van der Waals surface area contributed by atoms with Gasteiger partial charge in [-0.05, 0) is 35.9 Å². The second kappa shape index (κ2) is 6.70. The van der Waals surface area contributed by atoms with Crippen molar-refractivity contribution in [2.45, 2.75) is 0 Å². The summed E-state index contributed by atoms with van der Waals surface area (Å²) in [6.07, 6.45) is 7.72. The standard InChI is InChI=1S/C18H14FN3O/c19-16-12-14(6-8-17(16)22-11-10-20-13-22)7-9-18(23)21-15-4-2-1-3-5-15/h1-13H,(H,21,23)/b9-7+. The Kier molecular flexibility index (Phi) is 4.29. The van der Waals surface area contributed by atoms with Crippen molar-refractivity contribution in [3.8, 4) is 5.69 Å². The molecule has 5 heteroatoms. The average Bonchev–Trinajstić information content (AvgIpc) is 3.08. The van der Waals surface area contributed by atoms with E-state index in [-0.39, 0.29) is 11.7 Å². The third-order valence-electron chi connectivity index (χ3n) is 3.22. The van der Waals surface area contributed by atoms with Crippen LogP contribution in [0.3, 0.4) is 0 Å². The van der Waals surface area contributed by atoms with E-state index in [1.54, 1.807) is 47.3 Å². The lowest BCUT2D eigenvalue weighted by Gasteiger charge is -2.04. The largest absolute Gasteiger partial charge is 0.323 e. The molecule has 3 aromatic rings. The van der Waals surface area contributed by atoms with Crippen LogP contribution in [-0.4, -0.2) is 15.5 Å². The summed E-state index contributed by atoms with van der Waals surface area (Å²) in [5, 5.41) is 2.73. The fraction of sp³-hybridized carbons (Fsp3) is 0. The Hall–Kier alpha value is -3.21. The fourth-order valence-corrected chi connectivity index (χ4v) is 2.12. The van der Waals surface area contributed by atoms with Gasteiger partial charge in [-0.2, -0.15) is 0 Å². The Morgan fingerprint density at radius 2 is 2.00 bits per heavy atom. The van der Waals surface area contributed by atoms with Gasteiger partial charge in [0.1, 0.15) is 5.82 Å². The molecule has 0 bridgehead atoms. The number of anilines is 1. The number of hydrogen-bond acceptors (Lipinski definition) is 2. The highest BCUT2D eigenvalue weighted by Crippen LogP contribution is 2.16. The Morgan fingerprint density at radius 3 is 2.70 bits per heavy atom. The van der Waals surface area contributed by atoms with Crippen molar-refractivity contribution in [2.75, 3.05) is 5.32 Å². The highest BCUT2D eigenvalue weighted by molar-refractivity contribution is 6.01. The second-order valence-corrected chi connectivity index (χ2v) is 4.87. The van der Waals surface area contributed by atoms with Crippen molar-refractivity contribution < 1.29 is 9.18 Å². The van der Waals surface area contributed by atoms with E-state index in [9.17, 15) is 9.18 Å². The van der Waals surface area contributed by atoms with Gasteiger partial charge in [0.2, 0.25) is 5.91 Å². The minimum absolute atomic E-state index is 0.268. The van der Waals surface area contributed by atoms with Crippen molar-refractivity contribution in [3.63, 3.8) is 0 Å². The molecule has 0 aliphatic heterocycles. The van der Waals surface area contributed by atoms with Gasteiger partial charge in [0.05, 0.1) is 12.0 Å². The molecule has 0 aliphatic carbocycles. The molecule has 23 heavy (non-hydrogen) atoms. The lowest BCUT2D eigenvalue weighted by Crippen LogP contribution is -2.07. The zero-order valence-electron chi connectivity index (χ0n) is 12.2. The van der Waals surface area contributed by atoms with Crippen LogP contribution in [0.25, 0.3) is 11.8 Å². The van der Waals surface area contributed by atoms with E-state index in [1.165, 1.54) is 18.5 Å². The van der Waals surface area contributed by atoms with E-state index >= 15 is 0 Å². The van der Waals surface area contributed by atoms with Crippen molar-refractivity contribution >= 4 is 17.7 Å². The molecule has 0 spiro atoms. The van der Waals surface area contributed by atoms with E-state index in [0.29, 0.717) is 16.9 Å². The van der Waals surface area contributed by atoms with Crippen LogP contribution in [0.5, 0.6) is 0 Å².